The van der Waals surface area contributed by atoms with Crippen molar-refractivity contribution in [2.75, 3.05) is 13.2 Å². The number of carbonyl (C=O) groups excluding carboxylic acids is 1. The van der Waals surface area contributed by atoms with E-state index in [1.165, 1.54) is 0 Å². The Kier molecular flexibility index (Phi) is 11.9. The van der Waals surface area contributed by atoms with E-state index in [1.807, 2.05) is 0 Å². The summed E-state index contributed by atoms with van der Waals surface area (Å²) in [7, 11) is 0. The number of carbonyl (C=O) groups is 1. The average Bonchev–Trinajstić information content (AvgIpc) is 2.80. The zero-order valence-corrected chi connectivity index (χ0v) is 18.8. The van der Waals surface area contributed by atoms with E-state index in [9.17, 15) is 40.5 Å². The first kappa shape index (κ1) is 28.3. The lowest BCUT2D eigenvalue weighted by atomic mass is 9.98. The fourth-order valence-electron chi connectivity index (χ4n) is 3.88. The van der Waals surface area contributed by atoms with E-state index in [4.69, 9.17) is 18.9 Å². The molecule has 2 heterocycles. The Bertz CT molecular complexity index is 575. The smallest absolute Gasteiger partial charge is 0.306 e. The summed E-state index contributed by atoms with van der Waals surface area (Å²) in [5.41, 5.74) is 0. The minimum absolute atomic E-state index is 0.0882. The number of aliphatic hydroxyl groups is 7. The molecule has 0 aromatic heterocycles. The maximum absolute atomic E-state index is 12.3. The molecule has 12 heteroatoms. The van der Waals surface area contributed by atoms with Crippen molar-refractivity contribution in [3.63, 3.8) is 0 Å². The SMILES string of the molecule is CCCCCCCCC(=O)O[C@@H]1[C@@H](O)[C@@H](O[C@H]2O[C@H](CO)[C@@H](O)[C@H](O)[C@H]2O)O[C@H](CO)[C@H]1O. The van der Waals surface area contributed by atoms with Crippen molar-refractivity contribution in [3.8, 4) is 0 Å². The molecule has 2 rings (SSSR count). The molecule has 12 nitrogen and oxygen atoms in total. The molecule has 2 aliphatic rings. The number of aliphatic hydroxyl groups excluding tert-OH is 7. The number of hydrogen-bond donors (Lipinski definition) is 7. The largest absolute Gasteiger partial charge is 0.456 e. The van der Waals surface area contributed by atoms with Crippen molar-refractivity contribution in [2.24, 2.45) is 0 Å². The second-order valence-electron chi connectivity index (χ2n) is 8.51. The second kappa shape index (κ2) is 13.8. The van der Waals surface area contributed by atoms with Crippen LogP contribution in [0.5, 0.6) is 0 Å². The quantitative estimate of drug-likeness (QED) is 0.118. The number of ether oxygens (including phenoxy) is 4. The van der Waals surface area contributed by atoms with Crippen molar-refractivity contribution >= 4 is 5.97 Å². The predicted octanol–water partition coefficient (Wildman–Crippen LogP) is -2.10. The minimum Gasteiger partial charge on any atom is -0.456 e. The molecule has 0 bridgehead atoms. The Balaban J connectivity index is 1.97. The first-order chi connectivity index (χ1) is 15.7. The fourth-order valence-corrected chi connectivity index (χ4v) is 3.88. The molecule has 194 valence electrons. The average molecular weight is 483 g/mol. The zero-order valence-electron chi connectivity index (χ0n) is 18.8. The summed E-state index contributed by atoms with van der Waals surface area (Å²) in [6, 6.07) is 0. The Morgan fingerprint density at radius 3 is 1.88 bits per heavy atom. The molecule has 2 fully saturated rings. The van der Waals surface area contributed by atoms with Crippen LogP contribution in [-0.2, 0) is 23.7 Å². The van der Waals surface area contributed by atoms with E-state index < -0.39 is 80.6 Å². The molecule has 10 atom stereocenters. The van der Waals surface area contributed by atoms with Crippen molar-refractivity contribution in [1.82, 2.24) is 0 Å². The van der Waals surface area contributed by atoms with Crippen LogP contribution in [0.1, 0.15) is 51.9 Å². The highest BCUT2D eigenvalue weighted by atomic mass is 16.8. The van der Waals surface area contributed by atoms with Crippen LogP contribution in [0.2, 0.25) is 0 Å². The molecule has 2 aliphatic heterocycles. The van der Waals surface area contributed by atoms with Gasteiger partial charge in [0.15, 0.2) is 18.7 Å². The monoisotopic (exact) mass is 482 g/mol. The Labute approximate surface area is 192 Å². The summed E-state index contributed by atoms with van der Waals surface area (Å²) in [6.07, 6.45) is -9.79. The van der Waals surface area contributed by atoms with Gasteiger partial charge in [-0.2, -0.15) is 0 Å². The van der Waals surface area contributed by atoms with Crippen molar-refractivity contribution in [3.05, 3.63) is 0 Å². The molecule has 7 N–H and O–H groups in total. The van der Waals surface area contributed by atoms with Crippen molar-refractivity contribution in [1.29, 1.82) is 0 Å². The van der Waals surface area contributed by atoms with Gasteiger partial charge in [0.25, 0.3) is 0 Å². The number of hydrogen-bond acceptors (Lipinski definition) is 12. The van der Waals surface area contributed by atoms with E-state index >= 15 is 0 Å². The molecule has 0 unspecified atom stereocenters. The molecule has 33 heavy (non-hydrogen) atoms. The lowest BCUT2D eigenvalue weighted by Crippen LogP contribution is -2.64. The molecule has 2 saturated heterocycles. The first-order valence-corrected chi connectivity index (χ1v) is 11.5. The van der Waals surface area contributed by atoms with Gasteiger partial charge in [-0.1, -0.05) is 39.0 Å². The zero-order chi connectivity index (χ0) is 24.5. The molecule has 0 amide bonds. The summed E-state index contributed by atoms with van der Waals surface area (Å²) in [5, 5.41) is 69.7. The number of rotatable bonds is 12. The molecule has 0 aromatic rings. The van der Waals surface area contributed by atoms with Gasteiger partial charge in [-0.05, 0) is 6.42 Å². The molecule has 0 spiro atoms. The molecule has 0 aromatic carbocycles. The summed E-state index contributed by atoms with van der Waals surface area (Å²) in [4.78, 5) is 12.3. The standard InChI is InChI=1S/C21H38O12/c1-2-3-4-5-6-7-8-13(24)32-19-15(26)12(10-23)31-21(18(19)29)33-20-17(28)16(27)14(25)11(9-22)30-20/h11-12,14-23,25-29H,2-10H2,1H3/t11-,12-,14-,15-,16+,17-,18-,19+,20-,21-/m1/s1. The van der Waals surface area contributed by atoms with Gasteiger partial charge < -0.3 is 54.7 Å². The Morgan fingerprint density at radius 2 is 1.27 bits per heavy atom. The van der Waals surface area contributed by atoms with E-state index in [2.05, 4.69) is 6.92 Å². The fraction of sp³-hybridized carbons (Fsp3) is 0.952. The van der Waals surface area contributed by atoms with Gasteiger partial charge in [-0.15, -0.1) is 0 Å². The van der Waals surface area contributed by atoms with Gasteiger partial charge in [-0.25, -0.2) is 0 Å². The van der Waals surface area contributed by atoms with Crippen molar-refractivity contribution < 1.29 is 59.5 Å². The minimum atomic E-state index is -1.76. The van der Waals surface area contributed by atoms with Crippen LogP contribution >= 0.6 is 0 Å². The summed E-state index contributed by atoms with van der Waals surface area (Å²) in [6.45, 7) is 0.736. The molecular formula is C21H38O12. The maximum Gasteiger partial charge on any atom is 0.306 e. The van der Waals surface area contributed by atoms with Gasteiger partial charge in [-0.3, -0.25) is 4.79 Å². The summed E-state index contributed by atoms with van der Waals surface area (Å²) >= 11 is 0. The molecule has 0 aliphatic carbocycles. The highest BCUT2D eigenvalue weighted by Crippen LogP contribution is 2.29. The van der Waals surface area contributed by atoms with Crippen LogP contribution in [-0.4, -0.2) is 116 Å². The normalized spacial score (nSPS) is 39.4. The van der Waals surface area contributed by atoms with Gasteiger partial charge in [0.2, 0.25) is 0 Å². The lowest BCUT2D eigenvalue weighted by Gasteiger charge is -2.45. The Morgan fingerprint density at radius 1 is 0.727 bits per heavy atom. The van der Waals surface area contributed by atoms with Gasteiger partial charge >= 0.3 is 5.97 Å². The molecular weight excluding hydrogens is 444 g/mol. The van der Waals surface area contributed by atoms with Crippen LogP contribution in [0, 0.1) is 0 Å². The topological polar surface area (TPSA) is 196 Å². The van der Waals surface area contributed by atoms with Crippen LogP contribution in [0.3, 0.4) is 0 Å². The van der Waals surface area contributed by atoms with Crippen LogP contribution < -0.4 is 0 Å². The van der Waals surface area contributed by atoms with E-state index in [0.29, 0.717) is 6.42 Å². The van der Waals surface area contributed by atoms with E-state index in [-0.39, 0.29) is 6.42 Å². The number of esters is 1. The highest BCUT2D eigenvalue weighted by Gasteiger charge is 2.51. The molecule has 0 saturated carbocycles. The van der Waals surface area contributed by atoms with E-state index in [0.717, 1.165) is 32.1 Å². The lowest BCUT2D eigenvalue weighted by molar-refractivity contribution is -0.376. The molecule has 0 radical (unpaired) electrons. The van der Waals surface area contributed by atoms with Gasteiger partial charge in [0.05, 0.1) is 13.2 Å². The van der Waals surface area contributed by atoms with Crippen LogP contribution in [0.4, 0.5) is 0 Å². The third-order valence-electron chi connectivity index (χ3n) is 5.94. The second-order valence-corrected chi connectivity index (χ2v) is 8.51. The van der Waals surface area contributed by atoms with Crippen LogP contribution in [0.25, 0.3) is 0 Å². The third-order valence-corrected chi connectivity index (χ3v) is 5.94. The summed E-state index contributed by atoms with van der Waals surface area (Å²) < 4.78 is 21.2. The maximum atomic E-state index is 12.3. The van der Waals surface area contributed by atoms with Crippen molar-refractivity contribution in [2.45, 2.75) is 113 Å². The number of unbranched alkanes of at least 4 members (excludes halogenated alkanes) is 5. The Hall–Kier alpha value is -0.930. The van der Waals surface area contributed by atoms with Gasteiger partial charge in [0.1, 0.15) is 42.7 Å². The highest BCUT2D eigenvalue weighted by molar-refractivity contribution is 5.69. The van der Waals surface area contributed by atoms with Crippen LogP contribution in [0.15, 0.2) is 0 Å². The van der Waals surface area contributed by atoms with Gasteiger partial charge in [0, 0.05) is 6.42 Å². The predicted molar refractivity (Wildman–Crippen MR) is 110 cm³/mol. The first-order valence-electron chi connectivity index (χ1n) is 11.5. The van der Waals surface area contributed by atoms with E-state index in [1.54, 1.807) is 0 Å². The summed E-state index contributed by atoms with van der Waals surface area (Å²) in [5.74, 6) is -0.640. The third kappa shape index (κ3) is 7.52.